The number of benzene rings is 2. The molecule has 0 aromatic heterocycles. The number of amides is 3. The molecule has 4 rings (SSSR count). The molecule has 2 aromatic rings. The first-order valence-corrected chi connectivity index (χ1v) is 11.5. The molecule has 2 N–H and O–H groups in total. The molecule has 1 saturated carbocycles. The normalized spacial score (nSPS) is 16.6. The van der Waals surface area contributed by atoms with Crippen molar-refractivity contribution >= 4 is 40.7 Å². The number of hydrogen-bond donors (Lipinski definition) is 2. The van der Waals surface area contributed by atoms with E-state index < -0.39 is 11.8 Å². The van der Waals surface area contributed by atoms with Gasteiger partial charge in [0.05, 0.1) is 19.9 Å². The molecule has 8 nitrogen and oxygen atoms in total. The quantitative estimate of drug-likeness (QED) is 0.573. The number of halogens is 1. The molecule has 3 amide bonds. The monoisotopic (exact) mass is 483 g/mol. The second-order valence-corrected chi connectivity index (χ2v) is 8.56. The number of carbonyl (C=O) groups is 3. The highest BCUT2D eigenvalue weighted by Crippen LogP contribution is 2.37. The molecule has 34 heavy (non-hydrogen) atoms. The summed E-state index contributed by atoms with van der Waals surface area (Å²) < 4.78 is 10.5. The van der Waals surface area contributed by atoms with Crippen molar-refractivity contribution in [2.24, 2.45) is 0 Å². The first-order chi connectivity index (χ1) is 16.4. The summed E-state index contributed by atoms with van der Waals surface area (Å²) in [5.41, 5.74) is 1.09. The van der Waals surface area contributed by atoms with Crippen molar-refractivity contribution in [1.82, 2.24) is 5.32 Å². The van der Waals surface area contributed by atoms with Crippen LogP contribution in [0.5, 0.6) is 11.5 Å². The van der Waals surface area contributed by atoms with Gasteiger partial charge in [-0.05, 0) is 43.2 Å². The number of carbonyl (C=O) groups excluding carboxylic acids is 3. The van der Waals surface area contributed by atoms with E-state index in [1.165, 1.54) is 20.6 Å². The number of anilines is 2. The Morgan fingerprint density at radius 3 is 2.47 bits per heavy atom. The van der Waals surface area contributed by atoms with Gasteiger partial charge in [-0.2, -0.15) is 0 Å². The van der Waals surface area contributed by atoms with Crippen molar-refractivity contribution in [3.05, 3.63) is 58.8 Å². The standard InChI is InChI=1S/C25H26ClN3O5/c1-33-18-11-12-19(20(14-18)34-2)29-24(31)21(26)22(25(29)32)27-17-10-6-7-15(13-17)23(30)28-16-8-4-3-5-9-16/h6-7,10-14,16,27H,3-5,8-9H2,1-2H3,(H,28,30). The zero-order valence-electron chi connectivity index (χ0n) is 19.0. The number of rotatable bonds is 7. The maximum atomic E-state index is 13.2. The molecule has 2 aromatic carbocycles. The molecule has 0 bridgehead atoms. The fourth-order valence-corrected chi connectivity index (χ4v) is 4.41. The summed E-state index contributed by atoms with van der Waals surface area (Å²) in [6.07, 6.45) is 5.39. The minimum Gasteiger partial charge on any atom is -0.497 e. The van der Waals surface area contributed by atoms with Crippen molar-refractivity contribution < 1.29 is 23.9 Å². The van der Waals surface area contributed by atoms with E-state index in [1.54, 1.807) is 42.5 Å². The Morgan fingerprint density at radius 1 is 1.00 bits per heavy atom. The van der Waals surface area contributed by atoms with Crippen molar-refractivity contribution in [2.45, 2.75) is 38.1 Å². The van der Waals surface area contributed by atoms with Crippen molar-refractivity contribution in [3.63, 3.8) is 0 Å². The molecule has 1 aliphatic carbocycles. The third-order valence-electron chi connectivity index (χ3n) is 5.99. The van der Waals surface area contributed by atoms with E-state index in [0.29, 0.717) is 17.0 Å². The van der Waals surface area contributed by atoms with E-state index in [0.717, 1.165) is 30.6 Å². The average Bonchev–Trinajstić information content (AvgIpc) is 3.07. The van der Waals surface area contributed by atoms with Crippen LogP contribution in [0.3, 0.4) is 0 Å². The summed E-state index contributed by atoms with van der Waals surface area (Å²) in [6, 6.07) is 11.7. The van der Waals surface area contributed by atoms with Gasteiger partial charge < -0.3 is 20.1 Å². The van der Waals surface area contributed by atoms with Crippen LogP contribution in [-0.4, -0.2) is 38.0 Å². The second-order valence-electron chi connectivity index (χ2n) is 8.19. The Kier molecular flexibility index (Phi) is 7.07. The van der Waals surface area contributed by atoms with Gasteiger partial charge >= 0.3 is 0 Å². The minimum atomic E-state index is -0.677. The Hall–Kier alpha value is -3.52. The zero-order chi connectivity index (χ0) is 24.2. The Balaban J connectivity index is 1.53. The summed E-state index contributed by atoms with van der Waals surface area (Å²) in [6.45, 7) is 0. The van der Waals surface area contributed by atoms with Crippen LogP contribution in [0.1, 0.15) is 42.5 Å². The molecular weight excluding hydrogens is 458 g/mol. The molecule has 178 valence electrons. The Morgan fingerprint density at radius 2 is 1.76 bits per heavy atom. The first-order valence-electron chi connectivity index (χ1n) is 11.1. The van der Waals surface area contributed by atoms with E-state index in [9.17, 15) is 14.4 Å². The Bertz CT molecular complexity index is 1160. The fourth-order valence-electron chi connectivity index (χ4n) is 4.20. The lowest BCUT2D eigenvalue weighted by Crippen LogP contribution is -2.36. The van der Waals surface area contributed by atoms with Gasteiger partial charge in [0.1, 0.15) is 22.2 Å². The van der Waals surface area contributed by atoms with E-state index in [1.807, 2.05) is 0 Å². The minimum absolute atomic E-state index is 0.0747. The number of ether oxygens (including phenoxy) is 2. The van der Waals surface area contributed by atoms with Crippen molar-refractivity contribution in [1.29, 1.82) is 0 Å². The lowest BCUT2D eigenvalue weighted by molar-refractivity contribution is -0.120. The molecular formula is C25H26ClN3O5. The van der Waals surface area contributed by atoms with Crippen LogP contribution in [-0.2, 0) is 9.59 Å². The van der Waals surface area contributed by atoms with Gasteiger partial charge in [0.25, 0.3) is 17.7 Å². The molecule has 0 saturated heterocycles. The number of hydrogen-bond acceptors (Lipinski definition) is 6. The van der Waals surface area contributed by atoms with Crippen LogP contribution in [0.15, 0.2) is 53.2 Å². The predicted molar refractivity (Wildman–Crippen MR) is 129 cm³/mol. The van der Waals surface area contributed by atoms with Gasteiger partial charge in [0, 0.05) is 23.4 Å². The summed E-state index contributed by atoms with van der Waals surface area (Å²) in [7, 11) is 2.94. The molecule has 2 aliphatic rings. The van der Waals surface area contributed by atoms with Gasteiger partial charge in [-0.1, -0.05) is 36.9 Å². The van der Waals surface area contributed by atoms with Crippen molar-refractivity contribution in [3.8, 4) is 11.5 Å². The largest absolute Gasteiger partial charge is 0.497 e. The molecule has 1 aliphatic heterocycles. The molecule has 0 spiro atoms. The highest BCUT2D eigenvalue weighted by Gasteiger charge is 2.40. The summed E-state index contributed by atoms with van der Waals surface area (Å²) >= 11 is 6.26. The molecule has 0 unspecified atom stereocenters. The topological polar surface area (TPSA) is 97.0 Å². The maximum absolute atomic E-state index is 13.2. The SMILES string of the molecule is COc1ccc(N2C(=O)C(Cl)=C(Nc3cccc(C(=O)NC4CCCCC4)c3)C2=O)c(OC)c1. The molecule has 0 radical (unpaired) electrons. The third kappa shape index (κ3) is 4.72. The lowest BCUT2D eigenvalue weighted by Gasteiger charge is -2.22. The second kappa shape index (κ2) is 10.2. The fraction of sp³-hybridized carbons (Fsp3) is 0.320. The Labute approximate surface area is 202 Å². The molecule has 1 heterocycles. The maximum Gasteiger partial charge on any atom is 0.283 e. The third-order valence-corrected chi connectivity index (χ3v) is 6.34. The number of nitrogens with one attached hydrogen (secondary N) is 2. The lowest BCUT2D eigenvalue weighted by atomic mass is 9.95. The zero-order valence-corrected chi connectivity index (χ0v) is 19.8. The number of nitrogens with zero attached hydrogens (tertiary/aromatic N) is 1. The van der Waals surface area contributed by atoms with Gasteiger partial charge in [-0.3, -0.25) is 14.4 Å². The molecule has 9 heteroatoms. The highest BCUT2D eigenvalue weighted by molar-refractivity contribution is 6.53. The van der Waals surface area contributed by atoms with Crippen LogP contribution in [0.2, 0.25) is 0 Å². The van der Waals surface area contributed by atoms with Crippen LogP contribution < -0.4 is 25.0 Å². The number of imide groups is 1. The van der Waals surface area contributed by atoms with Gasteiger partial charge in [0.15, 0.2) is 0 Å². The van der Waals surface area contributed by atoms with Crippen LogP contribution in [0.25, 0.3) is 0 Å². The molecule has 1 fully saturated rings. The van der Waals surface area contributed by atoms with E-state index in [2.05, 4.69) is 10.6 Å². The summed E-state index contributed by atoms with van der Waals surface area (Å²) in [5, 5.41) is 5.74. The van der Waals surface area contributed by atoms with Crippen LogP contribution >= 0.6 is 11.6 Å². The van der Waals surface area contributed by atoms with Crippen LogP contribution in [0, 0.1) is 0 Å². The van der Waals surface area contributed by atoms with Gasteiger partial charge in [0.2, 0.25) is 0 Å². The van der Waals surface area contributed by atoms with Gasteiger partial charge in [-0.25, -0.2) is 4.90 Å². The predicted octanol–water partition coefficient (Wildman–Crippen LogP) is 4.20. The first kappa shape index (κ1) is 23.6. The van der Waals surface area contributed by atoms with E-state index in [4.69, 9.17) is 21.1 Å². The van der Waals surface area contributed by atoms with Crippen LogP contribution in [0.4, 0.5) is 11.4 Å². The highest BCUT2D eigenvalue weighted by atomic mass is 35.5. The molecule has 0 atom stereocenters. The van der Waals surface area contributed by atoms with E-state index in [-0.39, 0.29) is 34.1 Å². The van der Waals surface area contributed by atoms with Crippen molar-refractivity contribution in [2.75, 3.05) is 24.4 Å². The smallest absolute Gasteiger partial charge is 0.283 e. The summed E-state index contributed by atoms with van der Waals surface area (Å²) in [5.74, 6) is -0.679. The average molecular weight is 484 g/mol. The van der Waals surface area contributed by atoms with E-state index >= 15 is 0 Å². The number of methoxy groups -OCH3 is 2. The summed E-state index contributed by atoms with van der Waals surface area (Å²) in [4.78, 5) is 39.7. The van der Waals surface area contributed by atoms with Gasteiger partial charge in [-0.15, -0.1) is 0 Å².